The normalized spacial score (nSPS) is 16.0. The zero-order chi connectivity index (χ0) is 21.8. The molecule has 1 amide bonds. The smallest absolute Gasteiger partial charge is 0.270 e. The predicted octanol–water partition coefficient (Wildman–Crippen LogP) is 5.15. The molecule has 1 saturated heterocycles. The van der Waals surface area contributed by atoms with Gasteiger partial charge in [-0.3, -0.25) is 14.9 Å². The average molecular weight is 435 g/mol. The number of amides is 1. The largest absolute Gasteiger partial charge is 0.494 e. The lowest BCUT2D eigenvalue weighted by atomic mass is 10.1. The van der Waals surface area contributed by atoms with E-state index >= 15 is 0 Å². The maximum absolute atomic E-state index is 12.3. The highest BCUT2D eigenvalue weighted by atomic mass is 32.2. The van der Waals surface area contributed by atoms with Crippen molar-refractivity contribution in [2.75, 3.05) is 6.61 Å². The monoisotopic (exact) mass is 435 g/mol. The van der Waals surface area contributed by atoms with Crippen molar-refractivity contribution in [2.24, 2.45) is 4.99 Å². The number of furan rings is 1. The number of nitrogens with zero attached hydrogens (tertiary/aromatic N) is 2. The number of hydrogen-bond donors (Lipinski definition) is 1. The van der Waals surface area contributed by atoms with E-state index in [9.17, 15) is 14.9 Å². The fourth-order valence-electron chi connectivity index (χ4n) is 2.87. The van der Waals surface area contributed by atoms with Crippen LogP contribution in [0.25, 0.3) is 17.4 Å². The molecular weight excluding hydrogens is 418 g/mol. The number of nitro benzene ring substituents is 1. The second kappa shape index (κ2) is 8.88. The van der Waals surface area contributed by atoms with E-state index in [1.807, 2.05) is 31.2 Å². The number of carbonyl (C=O) groups excluding carboxylic acids is 1. The highest BCUT2D eigenvalue weighted by molar-refractivity contribution is 8.18. The van der Waals surface area contributed by atoms with Crippen LogP contribution in [0.1, 0.15) is 12.7 Å². The number of hydrogen-bond acceptors (Lipinski definition) is 7. The van der Waals surface area contributed by atoms with Crippen LogP contribution in [0.15, 0.2) is 75.0 Å². The van der Waals surface area contributed by atoms with Gasteiger partial charge in [0.1, 0.15) is 17.3 Å². The lowest BCUT2D eigenvalue weighted by Crippen LogP contribution is -2.19. The lowest BCUT2D eigenvalue weighted by molar-refractivity contribution is -0.384. The molecule has 1 aliphatic rings. The number of benzene rings is 2. The Hall–Kier alpha value is -3.85. The molecule has 4 rings (SSSR count). The van der Waals surface area contributed by atoms with Crippen LogP contribution in [0, 0.1) is 10.1 Å². The van der Waals surface area contributed by atoms with Gasteiger partial charge in [-0.2, -0.15) is 0 Å². The van der Waals surface area contributed by atoms with Crippen molar-refractivity contribution in [2.45, 2.75) is 6.92 Å². The van der Waals surface area contributed by atoms with Gasteiger partial charge in [-0.25, -0.2) is 4.99 Å². The molecule has 156 valence electrons. The summed E-state index contributed by atoms with van der Waals surface area (Å²) < 4.78 is 11.2. The summed E-state index contributed by atoms with van der Waals surface area (Å²) in [6.07, 6.45) is 1.61. The molecule has 31 heavy (non-hydrogen) atoms. The standard InChI is InChI=1S/C22H17N3O5S/c1-2-29-17-8-6-15(7-9-17)23-22-24-21(26)20(31-22)13-18-10-11-19(30-18)14-4-3-5-16(12-14)25(27)28/h3-13H,2H2,1H3,(H,23,24,26)/b20-13-. The number of thioether (sulfide) groups is 1. The molecule has 1 fully saturated rings. The Bertz CT molecular complexity index is 1200. The molecule has 0 atom stereocenters. The molecule has 0 saturated carbocycles. The van der Waals surface area contributed by atoms with Gasteiger partial charge in [0.2, 0.25) is 0 Å². The topological polar surface area (TPSA) is 107 Å². The maximum atomic E-state index is 12.3. The van der Waals surface area contributed by atoms with Crippen LogP contribution in [-0.2, 0) is 4.79 Å². The maximum Gasteiger partial charge on any atom is 0.270 e. The minimum absolute atomic E-state index is 0.0188. The van der Waals surface area contributed by atoms with E-state index < -0.39 is 4.92 Å². The molecule has 1 N–H and O–H groups in total. The Balaban J connectivity index is 1.50. The van der Waals surface area contributed by atoms with E-state index in [2.05, 4.69) is 10.3 Å². The number of ether oxygens (including phenoxy) is 1. The van der Waals surface area contributed by atoms with Crippen LogP contribution in [0.2, 0.25) is 0 Å². The van der Waals surface area contributed by atoms with Crippen LogP contribution in [0.3, 0.4) is 0 Å². The number of nitrogens with one attached hydrogen (secondary N) is 1. The molecule has 2 heterocycles. The van der Waals surface area contributed by atoms with Crippen LogP contribution in [-0.4, -0.2) is 22.6 Å². The Morgan fingerprint density at radius 1 is 1.19 bits per heavy atom. The predicted molar refractivity (Wildman–Crippen MR) is 119 cm³/mol. The molecule has 9 heteroatoms. The summed E-state index contributed by atoms with van der Waals surface area (Å²) >= 11 is 1.20. The molecule has 1 aliphatic heterocycles. The van der Waals surface area contributed by atoms with Gasteiger partial charge >= 0.3 is 0 Å². The molecular formula is C22H17N3O5S. The summed E-state index contributed by atoms with van der Waals surface area (Å²) in [5.41, 5.74) is 1.26. The molecule has 0 bridgehead atoms. The third-order valence-electron chi connectivity index (χ3n) is 4.27. The van der Waals surface area contributed by atoms with Gasteiger partial charge in [0.15, 0.2) is 5.17 Å². The summed E-state index contributed by atoms with van der Waals surface area (Å²) in [6, 6.07) is 16.8. The van der Waals surface area contributed by atoms with Crippen LogP contribution in [0.5, 0.6) is 5.75 Å². The van der Waals surface area contributed by atoms with Crippen LogP contribution < -0.4 is 10.1 Å². The molecule has 0 unspecified atom stereocenters. The summed E-state index contributed by atoms with van der Waals surface area (Å²) in [6.45, 7) is 2.50. The molecule has 8 nitrogen and oxygen atoms in total. The summed E-state index contributed by atoms with van der Waals surface area (Å²) in [5.74, 6) is 1.42. The second-order valence-corrected chi connectivity index (χ2v) is 7.45. The first-order chi connectivity index (χ1) is 15.0. The van der Waals surface area contributed by atoms with Crippen molar-refractivity contribution in [1.82, 2.24) is 5.32 Å². The van der Waals surface area contributed by atoms with Gasteiger partial charge in [-0.05, 0) is 55.1 Å². The summed E-state index contributed by atoms with van der Waals surface area (Å²) in [5, 5.41) is 14.2. The number of aliphatic imine (C=N–C) groups is 1. The van der Waals surface area contributed by atoms with E-state index in [0.717, 1.165) is 5.75 Å². The van der Waals surface area contributed by atoms with Crippen molar-refractivity contribution in [3.8, 4) is 17.1 Å². The van der Waals surface area contributed by atoms with E-state index in [1.54, 1.807) is 30.3 Å². The van der Waals surface area contributed by atoms with Crippen molar-refractivity contribution >= 4 is 40.3 Å². The first kappa shape index (κ1) is 20.4. The zero-order valence-corrected chi connectivity index (χ0v) is 17.2. The number of rotatable bonds is 6. The number of amidine groups is 1. The first-order valence-electron chi connectivity index (χ1n) is 9.39. The number of non-ortho nitro benzene ring substituents is 1. The molecule has 0 aliphatic carbocycles. The highest BCUT2D eigenvalue weighted by Crippen LogP contribution is 2.31. The third kappa shape index (κ3) is 4.84. The molecule has 1 aromatic heterocycles. The minimum Gasteiger partial charge on any atom is -0.494 e. The van der Waals surface area contributed by atoms with Crippen molar-refractivity contribution in [1.29, 1.82) is 0 Å². The van der Waals surface area contributed by atoms with Gasteiger partial charge in [0, 0.05) is 23.8 Å². The van der Waals surface area contributed by atoms with Crippen LogP contribution >= 0.6 is 11.8 Å². The molecule has 3 aromatic rings. The number of nitro groups is 1. The Morgan fingerprint density at radius 2 is 2.00 bits per heavy atom. The Labute approximate surface area is 181 Å². The van der Waals surface area contributed by atoms with Crippen LogP contribution in [0.4, 0.5) is 11.4 Å². The average Bonchev–Trinajstić information content (AvgIpc) is 3.37. The minimum atomic E-state index is -0.458. The fraction of sp³-hybridized carbons (Fsp3) is 0.0909. The quantitative estimate of drug-likeness (QED) is 0.326. The van der Waals surface area contributed by atoms with E-state index in [0.29, 0.717) is 39.5 Å². The van der Waals surface area contributed by atoms with Gasteiger partial charge in [0.05, 0.1) is 22.1 Å². The lowest BCUT2D eigenvalue weighted by Gasteiger charge is -2.02. The van der Waals surface area contributed by atoms with Gasteiger partial charge in [-0.1, -0.05) is 12.1 Å². The van der Waals surface area contributed by atoms with Crippen molar-refractivity contribution < 1.29 is 18.9 Å². The van der Waals surface area contributed by atoms with E-state index in [4.69, 9.17) is 9.15 Å². The Morgan fingerprint density at radius 3 is 2.74 bits per heavy atom. The second-order valence-electron chi connectivity index (χ2n) is 6.42. The van der Waals surface area contributed by atoms with Crippen molar-refractivity contribution in [3.05, 3.63) is 81.4 Å². The molecule has 2 aromatic carbocycles. The van der Waals surface area contributed by atoms with Gasteiger partial charge < -0.3 is 14.5 Å². The zero-order valence-electron chi connectivity index (χ0n) is 16.4. The Kier molecular flexibility index (Phi) is 5.85. The van der Waals surface area contributed by atoms with E-state index in [1.165, 1.54) is 23.9 Å². The highest BCUT2D eigenvalue weighted by Gasteiger charge is 2.24. The van der Waals surface area contributed by atoms with Gasteiger partial charge in [0.25, 0.3) is 11.6 Å². The van der Waals surface area contributed by atoms with E-state index in [-0.39, 0.29) is 11.6 Å². The SMILES string of the molecule is CCOc1ccc(N=C2NC(=O)/C(=C/c3ccc(-c4cccc([N+](=O)[O-])c4)o3)S2)cc1. The summed E-state index contributed by atoms with van der Waals surface area (Å²) in [4.78, 5) is 27.7. The fourth-order valence-corrected chi connectivity index (χ4v) is 3.69. The molecule has 0 radical (unpaired) electrons. The first-order valence-corrected chi connectivity index (χ1v) is 10.2. The number of carbonyl (C=O) groups is 1. The molecule has 0 spiro atoms. The van der Waals surface area contributed by atoms with Gasteiger partial charge in [-0.15, -0.1) is 0 Å². The third-order valence-corrected chi connectivity index (χ3v) is 5.18. The summed E-state index contributed by atoms with van der Waals surface area (Å²) in [7, 11) is 0. The van der Waals surface area contributed by atoms with Crippen molar-refractivity contribution in [3.63, 3.8) is 0 Å².